The predicted molar refractivity (Wildman–Crippen MR) is 75.5 cm³/mol. The number of rotatable bonds is 2. The van der Waals surface area contributed by atoms with Crippen LogP contribution in [0, 0.1) is 0 Å². The molecule has 7 nitrogen and oxygen atoms in total. The van der Waals surface area contributed by atoms with Crippen molar-refractivity contribution in [2.75, 3.05) is 11.1 Å². The number of H-pyrrole nitrogens is 1. The van der Waals surface area contributed by atoms with Crippen LogP contribution in [0.2, 0.25) is 5.02 Å². The molecule has 0 aliphatic carbocycles. The van der Waals surface area contributed by atoms with E-state index in [2.05, 4.69) is 25.3 Å². The molecule has 0 saturated heterocycles. The van der Waals surface area contributed by atoms with Gasteiger partial charge < -0.3 is 10.7 Å². The number of aromatic amines is 1. The van der Waals surface area contributed by atoms with Crippen molar-refractivity contribution in [3.8, 4) is 0 Å². The SMILES string of the molecule is Nc1cc(Cl)ccc1C(=O)Nc1ncc2[nH]cnc2n1. The van der Waals surface area contributed by atoms with Crippen LogP contribution in [0.4, 0.5) is 11.6 Å². The number of aromatic nitrogens is 4. The number of nitrogens with two attached hydrogens (primary N) is 1. The van der Waals surface area contributed by atoms with Crippen molar-refractivity contribution in [3.63, 3.8) is 0 Å². The van der Waals surface area contributed by atoms with Gasteiger partial charge in [-0.1, -0.05) is 11.6 Å². The number of nitrogens with zero attached hydrogens (tertiary/aromatic N) is 3. The zero-order valence-corrected chi connectivity index (χ0v) is 10.8. The molecule has 0 spiro atoms. The Morgan fingerprint density at radius 3 is 3.00 bits per heavy atom. The Hall–Kier alpha value is -2.67. The lowest BCUT2D eigenvalue weighted by atomic mass is 10.1. The minimum Gasteiger partial charge on any atom is -0.398 e. The zero-order valence-electron chi connectivity index (χ0n) is 10.1. The number of fused-ring (bicyclic) bond motifs is 1. The number of benzene rings is 1. The van der Waals surface area contributed by atoms with Crippen LogP contribution in [-0.2, 0) is 0 Å². The number of hydrogen-bond acceptors (Lipinski definition) is 5. The first-order valence-corrected chi connectivity index (χ1v) is 6.04. The van der Waals surface area contributed by atoms with E-state index in [1.165, 1.54) is 18.6 Å². The fourth-order valence-electron chi connectivity index (χ4n) is 1.71. The normalized spacial score (nSPS) is 10.7. The second-order valence-electron chi connectivity index (χ2n) is 4.02. The summed E-state index contributed by atoms with van der Waals surface area (Å²) < 4.78 is 0. The number of nitrogens with one attached hydrogen (secondary N) is 2. The number of halogens is 1. The highest BCUT2D eigenvalue weighted by molar-refractivity contribution is 6.31. The second-order valence-corrected chi connectivity index (χ2v) is 4.46. The van der Waals surface area contributed by atoms with Gasteiger partial charge in [-0.05, 0) is 18.2 Å². The number of nitrogen functional groups attached to an aromatic ring is 1. The summed E-state index contributed by atoms with van der Waals surface area (Å²) in [6, 6.07) is 4.64. The molecule has 0 atom stereocenters. The number of hydrogen-bond donors (Lipinski definition) is 3. The van der Waals surface area contributed by atoms with E-state index in [-0.39, 0.29) is 11.6 Å². The lowest BCUT2D eigenvalue weighted by molar-refractivity contribution is 0.102. The van der Waals surface area contributed by atoms with Crippen LogP contribution in [0.1, 0.15) is 10.4 Å². The van der Waals surface area contributed by atoms with Crippen LogP contribution in [0.5, 0.6) is 0 Å². The van der Waals surface area contributed by atoms with E-state index in [4.69, 9.17) is 17.3 Å². The van der Waals surface area contributed by atoms with E-state index >= 15 is 0 Å². The monoisotopic (exact) mass is 288 g/mol. The van der Waals surface area contributed by atoms with Gasteiger partial charge in [-0.25, -0.2) is 9.97 Å². The summed E-state index contributed by atoms with van der Waals surface area (Å²) in [5, 5.41) is 3.03. The Balaban J connectivity index is 1.87. The Labute approximate surface area is 118 Å². The molecule has 8 heteroatoms. The summed E-state index contributed by atoms with van der Waals surface area (Å²) in [6.07, 6.45) is 3.04. The Kier molecular flexibility index (Phi) is 2.96. The smallest absolute Gasteiger partial charge is 0.260 e. The third-order valence-corrected chi connectivity index (χ3v) is 2.89. The molecule has 20 heavy (non-hydrogen) atoms. The van der Waals surface area contributed by atoms with Crippen LogP contribution in [0.25, 0.3) is 11.2 Å². The minimum atomic E-state index is -0.408. The standard InChI is InChI=1S/C12H9ClN6O/c13-6-1-2-7(8(14)3-6)11(20)19-12-15-4-9-10(18-12)17-5-16-9/h1-5H,14H2,(H2,15,16,17,18,19,20). The second kappa shape index (κ2) is 4.78. The summed E-state index contributed by atoms with van der Waals surface area (Å²) in [6.45, 7) is 0. The lowest BCUT2D eigenvalue weighted by Crippen LogP contribution is -2.15. The highest BCUT2D eigenvalue weighted by atomic mass is 35.5. The third kappa shape index (κ3) is 2.26. The van der Waals surface area contributed by atoms with Gasteiger partial charge in [-0.15, -0.1) is 0 Å². The molecule has 0 fully saturated rings. The summed E-state index contributed by atoms with van der Waals surface area (Å²) in [5.74, 6) is -0.252. The molecule has 0 radical (unpaired) electrons. The average Bonchev–Trinajstić information content (AvgIpc) is 2.85. The van der Waals surface area contributed by atoms with Crippen LogP contribution < -0.4 is 11.1 Å². The van der Waals surface area contributed by atoms with Gasteiger partial charge >= 0.3 is 0 Å². The number of carbonyl (C=O) groups is 1. The maximum atomic E-state index is 12.1. The van der Waals surface area contributed by atoms with Crippen molar-refractivity contribution >= 4 is 40.3 Å². The average molecular weight is 289 g/mol. The van der Waals surface area contributed by atoms with Crippen LogP contribution >= 0.6 is 11.6 Å². The maximum absolute atomic E-state index is 12.1. The van der Waals surface area contributed by atoms with Crippen molar-refractivity contribution in [3.05, 3.63) is 41.3 Å². The van der Waals surface area contributed by atoms with Crippen molar-refractivity contribution in [2.24, 2.45) is 0 Å². The molecule has 2 heterocycles. The molecule has 100 valence electrons. The molecule has 0 saturated carbocycles. The van der Waals surface area contributed by atoms with Crippen LogP contribution in [0.3, 0.4) is 0 Å². The summed E-state index contributed by atoms with van der Waals surface area (Å²) in [7, 11) is 0. The van der Waals surface area contributed by atoms with Gasteiger partial charge in [0.25, 0.3) is 5.91 Å². The van der Waals surface area contributed by atoms with Gasteiger partial charge in [0.1, 0.15) is 5.52 Å². The molecule has 0 bridgehead atoms. The van der Waals surface area contributed by atoms with Gasteiger partial charge in [-0.2, -0.15) is 4.98 Å². The van der Waals surface area contributed by atoms with Gasteiger partial charge in [0, 0.05) is 10.7 Å². The molecule has 1 aromatic carbocycles. The third-order valence-electron chi connectivity index (χ3n) is 2.66. The molecule has 3 aromatic rings. The van der Waals surface area contributed by atoms with Crippen molar-refractivity contribution in [1.82, 2.24) is 19.9 Å². The first-order valence-electron chi connectivity index (χ1n) is 5.66. The fourth-order valence-corrected chi connectivity index (χ4v) is 1.89. The van der Waals surface area contributed by atoms with E-state index in [9.17, 15) is 4.79 Å². The van der Waals surface area contributed by atoms with Crippen molar-refractivity contribution in [2.45, 2.75) is 0 Å². The summed E-state index contributed by atoms with van der Waals surface area (Å²) in [4.78, 5) is 27.0. The number of amides is 1. The molecule has 0 unspecified atom stereocenters. The molecular weight excluding hydrogens is 280 g/mol. The molecule has 2 aromatic heterocycles. The topological polar surface area (TPSA) is 110 Å². The van der Waals surface area contributed by atoms with Gasteiger partial charge in [0.15, 0.2) is 5.65 Å². The highest BCUT2D eigenvalue weighted by Crippen LogP contribution is 2.19. The lowest BCUT2D eigenvalue weighted by Gasteiger charge is -2.06. The Morgan fingerprint density at radius 1 is 1.35 bits per heavy atom. The molecule has 3 rings (SSSR count). The molecule has 0 aliphatic heterocycles. The maximum Gasteiger partial charge on any atom is 0.260 e. The zero-order chi connectivity index (χ0) is 14.1. The van der Waals surface area contributed by atoms with E-state index in [1.54, 1.807) is 12.1 Å². The Bertz CT molecular complexity index is 799. The van der Waals surface area contributed by atoms with Crippen LogP contribution in [0.15, 0.2) is 30.7 Å². The largest absolute Gasteiger partial charge is 0.398 e. The highest BCUT2D eigenvalue weighted by Gasteiger charge is 2.12. The van der Waals surface area contributed by atoms with E-state index in [1.807, 2.05) is 0 Å². The first-order chi connectivity index (χ1) is 9.63. The summed E-state index contributed by atoms with van der Waals surface area (Å²) >= 11 is 5.79. The fraction of sp³-hybridized carbons (Fsp3) is 0. The first kappa shape index (κ1) is 12.4. The van der Waals surface area contributed by atoms with E-state index in [0.717, 1.165) is 0 Å². The van der Waals surface area contributed by atoms with E-state index in [0.29, 0.717) is 21.7 Å². The Morgan fingerprint density at radius 2 is 2.20 bits per heavy atom. The van der Waals surface area contributed by atoms with Crippen molar-refractivity contribution in [1.29, 1.82) is 0 Å². The number of anilines is 2. The van der Waals surface area contributed by atoms with Crippen molar-refractivity contribution < 1.29 is 4.79 Å². The predicted octanol–water partition coefficient (Wildman–Crippen LogP) is 1.84. The van der Waals surface area contributed by atoms with Gasteiger partial charge in [-0.3, -0.25) is 10.1 Å². The summed E-state index contributed by atoms with van der Waals surface area (Å²) in [5.41, 5.74) is 7.50. The molecule has 1 amide bonds. The van der Waals surface area contributed by atoms with Crippen LogP contribution in [-0.4, -0.2) is 25.8 Å². The van der Waals surface area contributed by atoms with Gasteiger partial charge in [0.2, 0.25) is 5.95 Å². The molecular formula is C12H9ClN6O. The molecule has 4 N–H and O–H groups in total. The minimum absolute atomic E-state index is 0.156. The number of carbonyl (C=O) groups excluding carboxylic acids is 1. The quantitative estimate of drug-likeness (QED) is 0.623. The number of imidazole rings is 1. The molecule has 0 aliphatic rings. The van der Waals surface area contributed by atoms with Gasteiger partial charge in [0.05, 0.1) is 18.1 Å². The van der Waals surface area contributed by atoms with E-state index < -0.39 is 5.91 Å².